The fourth-order valence-electron chi connectivity index (χ4n) is 2.56. The molecule has 0 aromatic heterocycles. The number of piperazine rings is 1. The minimum atomic E-state index is 0.703. The van der Waals surface area contributed by atoms with Crippen LogP contribution < -0.4 is 11.6 Å². The zero-order chi connectivity index (χ0) is 10.7. The first kappa shape index (κ1) is 11.3. The summed E-state index contributed by atoms with van der Waals surface area (Å²) >= 11 is 0. The summed E-state index contributed by atoms with van der Waals surface area (Å²) in [5.74, 6) is 5.76. The second-order valence-electron chi connectivity index (χ2n) is 4.60. The van der Waals surface area contributed by atoms with Crippen molar-refractivity contribution in [3.63, 3.8) is 0 Å². The molecule has 0 atom stereocenters. The highest BCUT2D eigenvalue weighted by Crippen LogP contribution is 2.16. The summed E-state index contributed by atoms with van der Waals surface area (Å²) in [5.41, 5.74) is 5.63. The van der Waals surface area contributed by atoms with Crippen LogP contribution in [0.1, 0.15) is 12.8 Å². The fraction of sp³-hybridized carbons (Fsp3) is 1.00. The SMILES string of the molecule is NCN1CCN(C2CCN(N)CC2)CC1. The summed E-state index contributed by atoms with van der Waals surface area (Å²) in [6.45, 7) is 7.39. The Balaban J connectivity index is 1.75. The third kappa shape index (κ3) is 2.89. The molecule has 0 aromatic carbocycles. The Morgan fingerprint density at radius 3 is 2.07 bits per heavy atom. The lowest BCUT2D eigenvalue weighted by atomic mass is 10.0. The number of nitrogens with zero attached hydrogens (tertiary/aromatic N) is 3. The van der Waals surface area contributed by atoms with Gasteiger partial charge in [-0.3, -0.25) is 15.6 Å². The Bertz CT molecular complexity index is 182. The average molecular weight is 213 g/mol. The molecular weight excluding hydrogens is 190 g/mol. The van der Waals surface area contributed by atoms with Gasteiger partial charge in [-0.2, -0.15) is 0 Å². The maximum absolute atomic E-state index is 5.76. The van der Waals surface area contributed by atoms with Crippen LogP contribution in [0.15, 0.2) is 0 Å². The third-order valence-corrected chi connectivity index (χ3v) is 3.68. The van der Waals surface area contributed by atoms with Gasteiger partial charge in [-0.1, -0.05) is 0 Å². The number of rotatable bonds is 2. The maximum Gasteiger partial charge on any atom is 0.0456 e. The molecule has 4 N–H and O–H groups in total. The molecule has 2 aliphatic heterocycles. The van der Waals surface area contributed by atoms with Crippen LogP contribution in [-0.2, 0) is 0 Å². The Morgan fingerprint density at radius 2 is 1.53 bits per heavy atom. The predicted octanol–water partition coefficient (Wildman–Crippen LogP) is -1.14. The highest BCUT2D eigenvalue weighted by molar-refractivity contribution is 4.81. The van der Waals surface area contributed by atoms with E-state index in [4.69, 9.17) is 11.6 Å². The van der Waals surface area contributed by atoms with E-state index >= 15 is 0 Å². The first-order valence-corrected chi connectivity index (χ1v) is 5.95. The minimum Gasteiger partial charge on any atom is -0.318 e. The van der Waals surface area contributed by atoms with Crippen LogP contribution in [0.5, 0.6) is 0 Å². The predicted molar refractivity (Wildman–Crippen MR) is 61.0 cm³/mol. The van der Waals surface area contributed by atoms with Crippen molar-refractivity contribution < 1.29 is 0 Å². The van der Waals surface area contributed by atoms with E-state index in [-0.39, 0.29) is 0 Å². The van der Waals surface area contributed by atoms with Crippen LogP contribution in [0.3, 0.4) is 0 Å². The van der Waals surface area contributed by atoms with Crippen molar-refractivity contribution in [1.29, 1.82) is 0 Å². The van der Waals surface area contributed by atoms with E-state index in [2.05, 4.69) is 9.80 Å². The third-order valence-electron chi connectivity index (χ3n) is 3.68. The van der Waals surface area contributed by atoms with E-state index in [1.807, 2.05) is 5.01 Å². The van der Waals surface area contributed by atoms with Crippen LogP contribution >= 0.6 is 0 Å². The second kappa shape index (κ2) is 5.23. The van der Waals surface area contributed by atoms with E-state index in [9.17, 15) is 0 Å². The summed E-state index contributed by atoms with van der Waals surface area (Å²) in [4.78, 5) is 4.92. The topological polar surface area (TPSA) is 61.8 Å². The van der Waals surface area contributed by atoms with Gasteiger partial charge >= 0.3 is 0 Å². The molecule has 0 bridgehead atoms. The molecule has 0 saturated carbocycles. The van der Waals surface area contributed by atoms with E-state index < -0.39 is 0 Å². The highest BCUT2D eigenvalue weighted by atomic mass is 15.4. The monoisotopic (exact) mass is 213 g/mol. The number of piperidine rings is 1. The number of hydrogen-bond donors (Lipinski definition) is 2. The molecule has 2 aliphatic rings. The molecule has 2 saturated heterocycles. The van der Waals surface area contributed by atoms with E-state index in [0.717, 1.165) is 32.2 Å². The summed E-state index contributed by atoms with van der Waals surface area (Å²) in [6, 6.07) is 0.754. The Kier molecular flexibility index (Phi) is 3.93. The van der Waals surface area contributed by atoms with Gasteiger partial charge in [-0.05, 0) is 12.8 Å². The van der Waals surface area contributed by atoms with Crippen molar-refractivity contribution in [1.82, 2.24) is 14.8 Å². The van der Waals surface area contributed by atoms with Crippen LogP contribution in [-0.4, -0.2) is 66.8 Å². The minimum absolute atomic E-state index is 0.703. The Hall–Kier alpha value is -0.200. The zero-order valence-electron chi connectivity index (χ0n) is 9.44. The molecule has 0 aromatic rings. The molecule has 0 spiro atoms. The lowest BCUT2D eigenvalue weighted by Gasteiger charge is -2.41. The van der Waals surface area contributed by atoms with Crippen LogP contribution in [0.2, 0.25) is 0 Å². The van der Waals surface area contributed by atoms with Gasteiger partial charge in [0.1, 0.15) is 0 Å². The fourth-order valence-corrected chi connectivity index (χ4v) is 2.56. The molecule has 15 heavy (non-hydrogen) atoms. The average Bonchev–Trinajstić information content (AvgIpc) is 2.30. The van der Waals surface area contributed by atoms with E-state index in [0.29, 0.717) is 6.67 Å². The molecule has 0 amide bonds. The van der Waals surface area contributed by atoms with Gasteiger partial charge in [0.05, 0.1) is 0 Å². The van der Waals surface area contributed by atoms with Crippen molar-refractivity contribution in [2.45, 2.75) is 18.9 Å². The van der Waals surface area contributed by atoms with Gasteiger partial charge in [0, 0.05) is 52.0 Å². The molecular formula is C10H23N5. The van der Waals surface area contributed by atoms with Crippen molar-refractivity contribution in [2.24, 2.45) is 11.6 Å². The van der Waals surface area contributed by atoms with Gasteiger partial charge in [0.15, 0.2) is 0 Å². The van der Waals surface area contributed by atoms with E-state index in [1.165, 1.54) is 25.9 Å². The smallest absolute Gasteiger partial charge is 0.0456 e. The number of hydrogen-bond acceptors (Lipinski definition) is 5. The molecule has 5 heteroatoms. The van der Waals surface area contributed by atoms with Gasteiger partial charge in [0.25, 0.3) is 0 Å². The molecule has 0 radical (unpaired) electrons. The van der Waals surface area contributed by atoms with Crippen molar-refractivity contribution in [3.8, 4) is 0 Å². The zero-order valence-corrected chi connectivity index (χ0v) is 9.44. The first-order chi connectivity index (χ1) is 7.29. The van der Waals surface area contributed by atoms with Crippen molar-refractivity contribution in [3.05, 3.63) is 0 Å². The van der Waals surface area contributed by atoms with Crippen LogP contribution in [0.25, 0.3) is 0 Å². The molecule has 0 unspecified atom stereocenters. The molecule has 5 nitrogen and oxygen atoms in total. The van der Waals surface area contributed by atoms with Gasteiger partial charge < -0.3 is 5.73 Å². The molecule has 0 aliphatic carbocycles. The van der Waals surface area contributed by atoms with Crippen molar-refractivity contribution >= 4 is 0 Å². The lowest BCUT2D eigenvalue weighted by molar-refractivity contribution is 0.0602. The first-order valence-electron chi connectivity index (χ1n) is 5.95. The highest BCUT2D eigenvalue weighted by Gasteiger charge is 2.25. The second-order valence-corrected chi connectivity index (χ2v) is 4.60. The lowest BCUT2D eigenvalue weighted by Crippen LogP contribution is -2.54. The quantitative estimate of drug-likeness (QED) is 0.568. The molecule has 2 fully saturated rings. The Morgan fingerprint density at radius 1 is 0.933 bits per heavy atom. The standard InChI is InChI=1S/C10H23N5/c11-9-13-5-7-14(8-6-13)10-1-3-15(12)4-2-10/h10H,1-9,11-12H2. The summed E-state index contributed by atoms with van der Waals surface area (Å²) < 4.78 is 0. The Labute approximate surface area is 91.9 Å². The van der Waals surface area contributed by atoms with Gasteiger partial charge in [-0.25, -0.2) is 5.01 Å². The summed E-state index contributed by atoms with van der Waals surface area (Å²) in [7, 11) is 0. The molecule has 88 valence electrons. The van der Waals surface area contributed by atoms with Crippen LogP contribution in [0.4, 0.5) is 0 Å². The number of hydrazine groups is 1. The summed E-state index contributed by atoms with van der Waals surface area (Å²) in [5, 5.41) is 1.94. The molecule has 2 heterocycles. The molecule has 2 rings (SSSR count). The van der Waals surface area contributed by atoms with E-state index in [1.54, 1.807) is 0 Å². The van der Waals surface area contributed by atoms with Crippen LogP contribution in [0, 0.1) is 0 Å². The van der Waals surface area contributed by atoms with Gasteiger partial charge in [-0.15, -0.1) is 0 Å². The number of nitrogens with two attached hydrogens (primary N) is 2. The maximum atomic E-state index is 5.76. The summed E-state index contributed by atoms with van der Waals surface area (Å²) in [6.07, 6.45) is 2.44. The largest absolute Gasteiger partial charge is 0.318 e. The van der Waals surface area contributed by atoms with Gasteiger partial charge in [0.2, 0.25) is 0 Å². The normalized spacial score (nSPS) is 28.4. The van der Waals surface area contributed by atoms with Crippen molar-refractivity contribution in [2.75, 3.05) is 45.9 Å².